The van der Waals surface area contributed by atoms with Gasteiger partial charge in [0.05, 0.1) is 42.4 Å². The Hall–Kier alpha value is -2.36. The number of carbonyl (C=O) groups is 2. The van der Waals surface area contributed by atoms with Gasteiger partial charge >= 0.3 is 118 Å². The summed E-state index contributed by atoms with van der Waals surface area (Å²) in [5.74, 6) is -1.45. The first kappa shape index (κ1) is 54.2. The van der Waals surface area contributed by atoms with E-state index in [4.69, 9.17) is 0 Å². The standard InChI is InChI=1S/C40H24N2O14S4.4Na/c43-39-31-15-11-25(57(45,46)47)17-33(31)37(29-13-9-27(19-35(29)39)59(51,52)53)41-23-5-1-21(2-6-23)22-3-7-24(8-4-22)42-38-30-14-10-28(60(54,55)56)20-36(30)40(44)32-16-12-26(18-34(32)38)58(48,49)50;;;;/h1-20H,(H,45,46,47)(H,48,49,50)(H,51,52,53)(H,54,55,56);;;;/q;4*+1/p-4. The van der Waals surface area contributed by atoms with E-state index in [1.54, 1.807) is 48.5 Å². The molecule has 0 aromatic heterocycles. The molecule has 2 aliphatic carbocycles. The van der Waals surface area contributed by atoms with Crippen LogP contribution in [0.5, 0.6) is 0 Å². The molecule has 0 fully saturated rings. The first-order chi connectivity index (χ1) is 28.1. The van der Waals surface area contributed by atoms with Gasteiger partial charge in [0.1, 0.15) is 40.5 Å². The van der Waals surface area contributed by atoms with E-state index in [2.05, 4.69) is 9.98 Å². The van der Waals surface area contributed by atoms with Gasteiger partial charge in [0, 0.05) is 44.5 Å². The Bertz CT molecular complexity index is 3230. The molecule has 0 unspecified atom stereocenters. The Morgan fingerprint density at radius 3 is 0.828 bits per heavy atom. The zero-order valence-corrected chi connectivity index (χ0v) is 45.1. The number of rotatable bonds is 7. The van der Waals surface area contributed by atoms with Gasteiger partial charge in [-0.25, -0.2) is 43.7 Å². The van der Waals surface area contributed by atoms with Gasteiger partial charge in [-0.1, -0.05) is 36.4 Å². The number of fused-ring (bicyclic) bond motifs is 4. The van der Waals surface area contributed by atoms with Crippen molar-refractivity contribution in [3.63, 3.8) is 0 Å². The van der Waals surface area contributed by atoms with E-state index in [9.17, 15) is 61.5 Å². The molecule has 302 valence electrons. The van der Waals surface area contributed by atoms with Crippen LogP contribution in [-0.2, 0) is 40.5 Å². The summed E-state index contributed by atoms with van der Waals surface area (Å²) in [7, 11) is -19.9. The molecule has 0 bridgehead atoms. The number of carbonyl (C=O) groups excluding carboxylic acids is 2. The van der Waals surface area contributed by atoms with Gasteiger partial charge in [-0.3, -0.25) is 9.59 Å². The van der Waals surface area contributed by atoms with Crippen LogP contribution in [0.25, 0.3) is 11.1 Å². The van der Waals surface area contributed by atoms with Crippen molar-refractivity contribution in [1.82, 2.24) is 0 Å². The molecule has 0 radical (unpaired) electrons. The van der Waals surface area contributed by atoms with Crippen molar-refractivity contribution in [2.45, 2.75) is 19.6 Å². The number of aliphatic imine (C=N–C) groups is 2. The fourth-order valence-corrected chi connectivity index (χ4v) is 8.82. The number of nitrogens with zero attached hydrogens (tertiary/aromatic N) is 2. The minimum atomic E-state index is -4.97. The molecule has 2 aliphatic rings. The van der Waals surface area contributed by atoms with Gasteiger partial charge in [-0.15, -0.1) is 0 Å². The van der Waals surface area contributed by atoms with Crippen LogP contribution >= 0.6 is 0 Å². The Labute approximate surface area is 454 Å². The van der Waals surface area contributed by atoms with Crippen molar-refractivity contribution >= 4 is 74.8 Å². The van der Waals surface area contributed by atoms with E-state index in [1.165, 1.54) is 12.1 Å². The molecule has 6 aromatic carbocycles. The van der Waals surface area contributed by atoms with Crippen LogP contribution < -0.4 is 118 Å². The second-order valence-electron chi connectivity index (χ2n) is 13.3. The van der Waals surface area contributed by atoms with Crippen molar-refractivity contribution in [3.8, 4) is 11.1 Å². The van der Waals surface area contributed by atoms with E-state index in [1.807, 2.05) is 0 Å². The van der Waals surface area contributed by atoms with Gasteiger partial charge in [0.25, 0.3) is 0 Å². The summed E-state index contributed by atoms with van der Waals surface area (Å²) in [6.45, 7) is 0. The maximum atomic E-state index is 13.4. The van der Waals surface area contributed by atoms with Crippen molar-refractivity contribution in [1.29, 1.82) is 0 Å². The molecule has 0 N–H and O–H groups in total. The van der Waals surface area contributed by atoms with Crippen LogP contribution in [-0.4, -0.2) is 74.9 Å². The molecule has 0 amide bonds. The average molecular weight is 973 g/mol. The smallest absolute Gasteiger partial charge is 0.744 e. The largest absolute Gasteiger partial charge is 1.00 e. The third kappa shape index (κ3) is 10.8. The summed E-state index contributed by atoms with van der Waals surface area (Å²) < 4.78 is 142. The van der Waals surface area contributed by atoms with Crippen LogP contribution in [0.2, 0.25) is 0 Å². The maximum absolute atomic E-state index is 13.4. The topological polar surface area (TPSA) is 288 Å². The van der Waals surface area contributed by atoms with Gasteiger partial charge in [0.2, 0.25) is 0 Å². The summed E-state index contributed by atoms with van der Waals surface area (Å²) in [5, 5.41) is 0. The minimum absolute atomic E-state index is 0. The number of hydrogen-bond donors (Lipinski definition) is 0. The van der Waals surface area contributed by atoms with Crippen molar-refractivity contribution < 1.29 is 180 Å². The summed E-state index contributed by atoms with van der Waals surface area (Å²) >= 11 is 0. The summed E-state index contributed by atoms with van der Waals surface area (Å²) in [6.07, 6.45) is 0. The summed E-state index contributed by atoms with van der Waals surface area (Å²) in [4.78, 5) is 33.5. The van der Waals surface area contributed by atoms with E-state index in [0.717, 1.165) is 60.7 Å². The van der Waals surface area contributed by atoms with E-state index < -0.39 is 71.6 Å². The van der Waals surface area contributed by atoms with E-state index in [-0.39, 0.29) is 186 Å². The molecule has 0 spiro atoms. The Morgan fingerprint density at radius 1 is 0.312 bits per heavy atom. The molecular weight excluding hydrogens is 953 g/mol. The Kier molecular flexibility index (Phi) is 17.0. The summed E-state index contributed by atoms with van der Waals surface area (Å²) in [5.41, 5.74) is 1.52. The average Bonchev–Trinajstić information content (AvgIpc) is 3.19. The fraction of sp³-hybridized carbons (Fsp3) is 0. The third-order valence-electron chi connectivity index (χ3n) is 9.67. The monoisotopic (exact) mass is 972 g/mol. The first-order valence-electron chi connectivity index (χ1n) is 17.0. The summed E-state index contributed by atoms with van der Waals surface area (Å²) in [6, 6.07) is 25.3. The van der Waals surface area contributed by atoms with Crippen molar-refractivity contribution in [3.05, 3.63) is 166 Å². The molecule has 64 heavy (non-hydrogen) atoms. The van der Waals surface area contributed by atoms with Crippen LogP contribution in [0.4, 0.5) is 11.4 Å². The van der Waals surface area contributed by atoms with Gasteiger partial charge in [0.15, 0.2) is 11.6 Å². The van der Waals surface area contributed by atoms with E-state index >= 15 is 0 Å². The molecule has 0 heterocycles. The molecule has 8 rings (SSSR count). The van der Waals surface area contributed by atoms with Gasteiger partial charge in [-0.05, 0) is 96.1 Å². The van der Waals surface area contributed by atoms with Gasteiger partial charge < -0.3 is 18.2 Å². The second-order valence-corrected chi connectivity index (χ2v) is 18.8. The Balaban J connectivity index is 0.00000224. The van der Waals surface area contributed by atoms with Crippen LogP contribution in [0.1, 0.15) is 54.1 Å². The predicted octanol–water partition coefficient (Wildman–Crippen LogP) is -7.59. The van der Waals surface area contributed by atoms with Crippen LogP contribution in [0, 0.1) is 0 Å². The molecular formula is C40H20N2Na4O14S4. The third-order valence-corrected chi connectivity index (χ3v) is 13.0. The van der Waals surface area contributed by atoms with Crippen molar-refractivity contribution in [2.75, 3.05) is 0 Å². The molecule has 0 atom stereocenters. The van der Waals surface area contributed by atoms with E-state index in [0.29, 0.717) is 11.1 Å². The van der Waals surface area contributed by atoms with Crippen molar-refractivity contribution in [2.24, 2.45) is 9.98 Å². The number of hydrogen-bond acceptors (Lipinski definition) is 16. The first-order valence-corrected chi connectivity index (χ1v) is 22.6. The van der Waals surface area contributed by atoms with Crippen LogP contribution in [0.3, 0.4) is 0 Å². The minimum Gasteiger partial charge on any atom is -0.744 e. The molecule has 0 saturated heterocycles. The Morgan fingerprint density at radius 2 is 0.562 bits per heavy atom. The maximum Gasteiger partial charge on any atom is 1.00 e. The number of ketones is 2. The fourth-order valence-electron chi connectivity index (χ4n) is 6.83. The zero-order chi connectivity index (χ0) is 43.1. The SMILES string of the molecule is O=C1c2cc(S(=O)(=O)[O-])ccc2C(=Nc2ccc(-c3ccc(N=C4c5ccc(S(=O)(=O)[O-])cc5C(=O)c5ccc(S(=O)(=O)[O-])cc54)cc3)cc2)c2cc(S(=O)(=O)[O-])ccc21.[Na+].[Na+].[Na+].[Na+]. The normalized spacial score (nSPS) is 14.4. The molecule has 0 saturated carbocycles. The molecule has 6 aromatic rings. The number of benzene rings is 6. The quantitative estimate of drug-likeness (QED) is 0.106. The molecule has 16 nitrogen and oxygen atoms in total. The molecule has 0 aliphatic heterocycles. The predicted molar refractivity (Wildman–Crippen MR) is 207 cm³/mol. The van der Waals surface area contributed by atoms with Gasteiger partial charge in [-0.2, -0.15) is 0 Å². The van der Waals surface area contributed by atoms with Crippen LogP contribution in [0.15, 0.2) is 151 Å². The second kappa shape index (κ2) is 20.1. The zero-order valence-electron chi connectivity index (χ0n) is 33.8. The molecule has 24 heteroatoms.